The molecule has 0 saturated carbocycles. The highest BCUT2D eigenvalue weighted by molar-refractivity contribution is 5.99. The van der Waals surface area contributed by atoms with Crippen molar-refractivity contribution in [2.45, 2.75) is 26.2 Å². The monoisotopic (exact) mass is 488 g/mol. The van der Waals surface area contributed by atoms with E-state index >= 15 is 0 Å². The maximum Gasteiger partial charge on any atom is 0.224 e. The molecule has 6 heterocycles. The number of nitrogens with zero attached hydrogens (tertiary/aromatic N) is 5. The molecule has 9 nitrogen and oxygen atoms in total. The largest absolute Gasteiger partial charge is 0.353 e. The highest BCUT2D eigenvalue weighted by Crippen LogP contribution is 2.33. The Bertz CT molecular complexity index is 1720. The number of unbranched alkanes of at least 4 members (excludes halogenated alkanes) is 1. The summed E-state index contributed by atoms with van der Waals surface area (Å²) in [5.41, 5.74) is 8.13. The van der Waals surface area contributed by atoms with E-state index in [1.165, 1.54) is 0 Å². The van der Waals surface area contributed by atoms with Crippen LogP contribution in [0.5, 0.6) is 0 Å². The average Bonchev–Trinajstić information content (AvgIpc) is 3.56. The summed E-state index contributed by atoms with van der Waals surface area (Å²) in [4.78, 5) is 33.6. The van der Waals surface area contributed by atoms with Crippen molar-refractivity contribution >= 4 is 33.5 Å². The van der Waals surface area contributed by atoms with Crippen LogP contribution in [0.4, 0.5) is 5.69 Å². The molecule has 37 heavy (non-hydrogen) atoms. The number of carbonyl (C=O) groups is 1. The summed E-state index contributed by atoms with van der Waals surface area (Å²) in [6.07, 6.45) is 11.0. The van der Waals surface area contributed by atoms with Crippen molar-refractivity contribution in [1.82, 2.24) is 35.1 Å². The van der Waals surface area contributed by atoms with Crippen molar-refractivity contribution in [1.29, 1.82) is 0 Å². The van der Waals surface area contributed by atoms with Crippen LogP contribution in [0.15, 0.2) is 73.4 Å². The lowest BCUT2D eigenvalue weighted by atomic mass is 10.1. The number of anilines is 1. The minimum absolute atomic E-state index is 0.0132. The Labute approximate surface area is 212 Å². The average molecular weight is 489 g/mol. The first-order valence-electron chi connectivity index (χ1n) is 12.2. The Morgan fingerprint density at radius 1 is 0.919 bits per heavy atom. The van der Waals surface area contributed by atoms with E-state index in [0.29, 0.717) is 17.8 Å². The lowest BCUT2D eigenvalue weighted by Gasteiger charge is -2.07. The Balaban J connectivity index is 1.37. The molecule has 0 saturated heterocycles. The van der Waals surface area contributed by atoms with Gasteiger partial charge in [-0.2, -0.15) is 5.10 Å². The number of aromatic nitrogens is 7. The Morgan fingerprint density at radius 2 is 1.81 bits per heavy atom. The fourth-order valence-electron chi connectivity index (χ4n) is 4.38. The molecule has 0 radical (unpaired) electrons. The molecule has 0 unspecified atom stereocenters. The fraction of sp³-hybridized carbons (Fsp3) is 0.143. The number of aromatic amines is 2. The third kappa shape index (κ3) is 4.42. The van der Waals surface area contributed by atoms with Crippen molar-refractivity contribution < 1.29 is 4.79 Å². The van der Waals surface area contributed by atoms with Gasteiger partial charge < -0.3 is 10.3 Å². The molecule has 6 aromatic rings. The van der Waals surface area contributed by atoms with Crippen LogP contribution in [-0.4, -0.2) is 41.0 Å². The van der Waals surface area contributed by atoms with E-state index in [-0.39, 0.29) is 5.91 Å². The van der Waals surface area contributed by atoms with E-state index in [1.54, 1.807) is 31.0 Å². The molecule has 1 amide bonds. The summed E-state index contributed by atoms with van der Waals surface area (Å²) in [6, 6.07) is 13.6. The highest BCUT2D eigenvalue weighted by atomic mass is 16.1. The van der Waals surface area contributed by atoms with E-state index in [4.69, 9.17) is 4.98 Å². The van der Waals surface area contributed by atoms with Gasteiger partial charge in [-0.05, 0) is 48.9 Å². The number of pyridine rings is 4. The first-order chi connectivity index (χ1) is 18.2. The molecule has 0 spiro atoms. The van der Waals surface area contributed by atoms with Gasteiger partial charge in [-0.15, -0.1) is 0 Å². The van der Waals surface area contributed by atoms with Gasteiger partial charge in [-0.25, -0.2) is 4.98 Å². The van der Waals surface area contributed by atoms with Gasteiger partial charge in [-0.3, -0.25) is 24.8 Å². The summed E-state index contributed by atoms with van der Waals surface area (Å²) >= 11 is 0. The van der Waals surface area contributed by atoms with Crippen molar-refractivity contribution in [3.63, 3.8) is 0 Å². The standard InChI is InChI=1S/C28H24N8O/c1-2-3-4-25(37)32-19-13-18(15-30-16-19)21-5-6-23-27(34-21)28(36-35-23)24-14-20-22(33-24)9-12-31-26(20)17-7-10-29-11-8-17/h5-16,33H,2-4H2,1H3,(H,32,37)(H,35,36). The molecule has 0 atom stereocenters. The van der Waals surface area contributed by atoms with Gasteiger partial charge in [0.1, 0.15) is 11.2 Å². The summed E-state index contributed by atoms with van der Waals surface area (Å²) in [5.74, 6) is -0.0132. The van der Waals surface area contributed by atoms with Crippen LogP contribution in [0.1, 0.15) is 26.2 Å². The van der Waals surface area contributed by atoms with Crippen molar-refractivity contribution in [2.24, 2.45) is 0 Å². The molecule has 182 valence electrons. The SMILES string of the molecule is CCCCC(=O)Nc1cncc(-c2ccc3[nH]nc(-c4cc5c(-c6ccncc6)nccc5[nH]4)c3n2)c1. The summed E-state index contributed by atoms with van der Waals surface area (Å²) in [7, 11) is 0. The summed E-state index contributed by atoms with van der Waals surface area (Å²) in [6.45, 7) is 2.06. The van der Waals surface area contributed by atoms with Crippen LogP contribution in [0, 0.1) is 0 Å². The van der Waals surface area contributed by atoms with E-state index in [0.717, 1.165) is 63.0 Å². The Kier molecular flexibility index (Phi) is 5.86. The van der Waals surface area contributed by atoms with Gasteiger partial charge in [0.25, 0.3) is 0 Å². The predicted octanol–water partition coefficient (Wildman–Crippen LogP) is 5.75. The first kappa shape index (κ1) is 22.5. The molecule has 0 fully saturated rings. The van der Waals surface area contributed by atoms with Crippen LogP contribution in [0.2, 0.25) is 0 Å². The normalized spacial score (nSPS) is 11.3. The number of amides is 1. The quantitative estimate of drug-likeness (QED) is 0.263. The molecular weight excluding hydrogens is 464 g/mol. The second-order valence-electron chi connectivity index (χ2n) is 8.82. The second kappa shape index (κ2) is 9.62. The van der Waals surface area contributed by atoms with Gasteiger partial charge in [-0.1, -0.05) is 13.3 Å². The molecule has 0 bridgehead atoms. The third-order valence-corrected chi connectivity index (χ3v) is 6.24. The molecule has 0 aliphatic carbocycles. The zero-order chi connectivity index (χ0) is 25.2. The van der Waals surface area contributed by atoms with Crippen LogP contribution in [-0.2, 0) is 4.79 Å². The number of H-pyrrole nitrogens is 2. The van der Waals surface area contributed by atoms with E-state index in [1.807, 2.05) is 36.4 Å². The predicted molar refractivity (Wildman–Crippen MR) is 144 cm³/mol. The molecule has 6 aromatic heterocycles. The van der Waals surface area contributed by atoms with Gasteiger partial charge >= 0.3 is 0 Å². The lowest BCUT2D eigenvalue weighted by Crippen LogP contribution is -2.11. The maximum atomic E-state index is 12.2. The van der Waals surface area contributed by atoms with Crippen LogP contribution in [0.3, 0.4) is 0 Å². The maximum absolute atomic E-state index is 12.2. The number of nitrogens with one attached hydrogen (secondary N) is 3. The lowest BCUT2D eigenvalue weighted by molar-refractivity contribution is -0.116. The third-order valence-electron chi connectivity index (χ3n) is 6.24. The molecule has 6 rings (SSSR count). The molecule has 0 aromatic carbocycles. The minimum Gasteiger partial charge on any atom is -0.353 e. The molecule has 0 aliphatic rings. The van der Waals surface area contributed by atoms with Crippen LogP contribution < -0.4 is 5.32 Å². The number of carbonyl (C=O) groups excluding carboxylic acids is 1. The van der Waals surface area contributed by atoms with Crippen molar-refractivity contribution in [2.75, 3.05) is 5.32 Å². The van der Waals surface area contributed by atoms with E-state index < -0.39 is 0 Å². The second-order valence-corrected chi connectivity index (χ2v) is 8.82. The van der Waals surface area contributed by atoms with Gasteiger partial charge in [0, 0.05) is 53.2 Å². The highest BCUT2D eigenvalue weighted by Gasteiger charge is 2.16. The molecule has 0 aliphatic heterocycles. The van der Waals surface area contributed by atoms with E-state index in [9.17, 15) is 4.79 Å². The topological polar surface area (TPSA) is 125 Å². The number of rotatable bonds is 7. The van der Waals surface area contributed by atoms with Crippen LogP contribution in [0.25, 0.3) is 55.8 Å². The van der Waals surface area contributed by atoms with Crippen LogP contribution >= 0.6 is 0 Å². The minimum atomic E-state index is -0.0132. The van der Waals surface area contributed by atoms with Gasteiger partial charge in [0.2, 0.25) is 5.91 Å². The van der Waals surface area contributed by atoms with Gasteiger partial charge in [0.15, 0.2) is 0 Å². The van der Waals surface area contributed by atoms with E-state index in [2.05, 4.69) is 48.4 Å². The zero-order valence-corrected chi connectivity index (χ0v) is 20.2. The number of hydrogen-bond donors (Lipinski definition) is 3. The first-order valence-corrected chi connectivity index (χ1v) is 12.2. The summed E-state index contributed by atoms with van der Waals surface area (Å²) in [5, 5.41) is 11.6. The fourth-order valence-corrected chi connectivity index (χ4v) is 4.38. The number of hydrogen-bond acceptors (Lipinski definition) is 6. The zero-order valence-electron chi connectivity index (χ0n) is 20.2. The molecule has 9 heteroatoms. The van der Waals surface area contributed by atoms with Crippen molar-refractivity contribution in [3.05, 3.63) is 73.4 Å². The molecular formula is C28H24N8O. The smallest absolute Gasteiger partial charge is 0.224 e. The number of fused-ring (bicyclic) bond motifs is 2. The van der Waals surface area contributed by atoms with Crippen molar-refractivity contribution in [3.8, 4) is 33.9 Å². The molecule has 3 N–H and O–H groups in total. The Hall–Kier alpha value is -4.92. The Morgan fingerprint density at radius 3 is 2.68 bits per heavy atom. The van der Waals surface area contributed by atoms with Gasteiger partial charge in [0.05, 0.1) is 34.5 Å². The summed E-state index contributed by atoms with van der Waals surface area (Å²) < 4.78 is 0.